The molecule has 1 aromatic carbocycles. The molecule has 2 heterocycles. The Kier molecular flexibility index (Phi) is 5.42. The summed E-state index contributed by atoms with van der Waals surface area (Å²) in [5.74, 6) is -0.123. The summed E-state index contributed by atoms with van der Waals surface area (Å²) in [7, 11) is 1.85. The monoisotopic (exact) mass is 343 g/mol. The van der Waals surface area contributed by atoms with E-state index in [0.717, 1.165) is 31.6 Å². The second-order valence-corrected chi connectivity index (χ2v) is 7.51. The molecule has 1 aromatic rings. The number of nitrogens with zero attached hydrogens (tertiary/aromatic N) is 2. The molecule has 2 aliphatic heterocycles. The molecule has 0 radical (unpaired) electrons. The SMILES string of the molecule is CC(C)c1ccc(N2CCC(C(=O)N(C)C3CCNCC3)C2=O)cc1. The van der Waals surface area contributed by atoms with Crippen LogP contribution in [0.5, 0.6) is 0 Å². The second-order valence-electron chi connectivity index (χ2n) is 7.51. The minimum absolute atomic E-state index is 0.0156. The van der Waals surface area contributed by atoms with E-state index in [9.17, 15) is 9.59 Å². The maximum atomic E-state index is 12.8. The van der Waals surface area contributed by atoms with Crippen LogP contribution in [0, 0.1) is 5.92 Å². The first-order valence-corrected chi connectivity index (χ1v) is 9.37. The van der Waals surface area contributed by atoms with Gasteiger partial charge in [-0.2, -0.15) is 0 Å². The number of benzene rings is 1. The number of piperidine rings is 1. The predicted octanol–water partition coefficient (Wildman–Crippen LogP) is 2.37. The summed E-state index contributed by atoms with van der Waals surface area (Å²) in [6, 6.07) is 8.39. The minimum Gasteiger partial charge on any atom is -0.342 e. The molecule has 1 unspecified atom stereocenters. The molecule has 25 heavy (non-hydrogen) atoms. The molecule has 0 aromatic heterocycles. The molecule has 0 bridgehead atoms. The van der Waals surface area contributed by atoms with Crippen molar-refractivity contribution in [3.63, 3.8) is 0 Å². The van der Waals surface area contributed by atoms with Gasteiger partial charge in [0.2, 0.25) is 11.8 Å². The van der Waals surface area contributed by atoms with E-state index in [1.807, 2.05) is 24.1 Å². The molecular formula is C20H29N3O2. The average molecular weight is 343 g/mol. The Morgan fingerprint density at radius 1 is 1.16 bits per heavy atom. The van der Waals surface area contributed by atoms with Crippen LogP contribution in [0.3, 0.4) is 0 Å². The van der Waals surface area contributed by atoms with Crippen molar-refractivity contribution in [1.82, 2.24) is 10.2 Å². The van der Waals surface area contributed by atoms with Crippen LogP contribution in [0.1, 0.15) is 44.6 Å². The van der Waals surface area contributed by atoms with Gasteiger partial charge in [0.25, 0.3) is 0 Å². The Labute approximate surface area is 150 Å². The number of carbonyl (C=O) groups is 2. The molecule has 0 aliphatic carbocycles. The fraction of sp³-hybridized carbons (Fsp3) is 0.600. The van der Waals surface area contributed by atoms with Gasteiger partial charge in [-0.25, -0.2) is 0 Å². The number of nitrogens with one attached hydrogen (secondary N) is 1. The third-order valence-corrected chi connectivity index (χ3v) is 5.58. The third-order valence-electron chi connectivity index (χ3n) is 5.58. The Hall–Kier alpha value is -1.88. The highest BCUT2D eigenvalue weighted by Gasteiger charge is 2.40. The Balaban J connectivity index is 1.67. The van der Waals surface area contributed by atoms with E-state index >= 15 is 0 Å². The van der Waals surface area contributed by atoms with E-state index in [4.69, 9.17) is 0 Å². The largest absolute Gasteiger partial charge is 0.342 e. The number of carbonyl (C=O) groups excluding carboxylic acids is 2. The number of amides is 2. The van der Waals surface area contributed by atoms with Gasteiger partial charge in [0, 0.05) is 25.3 Å². The molecule has 1 atom stereocenters. The van der Waals surface area contributed by atoms with Crippen molar-refractivity contribution in [3.8, 4) is 0 Å². The smallest absolute Gasteiger partial charge is 0.239 e. The molecule has 136 valence electrons. The molecule has 5 nitrogen and oxygen atoms in total. The van der Waals surface area contributed by atoms with Crippen LogP contribution in [-0.4, -0.2) is 49.4 Å². The highest BCUT2D eigenvalue weighted by atomic mass is 16.2. The van der Waals surface area contributed by atoms with Crippen molar-refractivity contribution in [2.45, 2.75) is 45.1 Å². The number of anilines is 1. The first kappa shape index (κ1) is 17.9. The Bertz CT molecular complexity index is 620. The maximum absolute atomic E-state index is 12.8. The van der Waals surface area contributed by atoms with Gasteiger partial charge < -0.3 is 15.1 Å². The van der Waals surface area contributed by atoms with Gasteiger partial charge in [-0.3, -0.25) is 9.59 Å². The van der Waals surface area contributed by atoms with Gasteiger partial charge >= 0.3 is 0 Å². The quantitative estimate of drug-likeness (QED) is 0.854. The average Bonchev–Trinajstić information content (AvgIpc) is 3.02. The third kappa shape index (κ3) is 3.71. The molecule has 5 heteroatoms. The van der Waals surface area contributed by atoms with Gasteiger partial charge in [-0.1, -0.05) is 26.0 Å². The summed E-state index contributed by atoms with van der Waals surface area (Å²) in [5, 5.41) is 3.31. The van der Waals surface area contributed by atoms with Crippen LogP contribution >= 0.6 is 0 Å². The molecule has 2 aliphatic rings. The fourth-order valence-corrected chi connectivity index (χ4v) is 3.82. The van der Waals surface area contributed by atoms with E-state index in [0.29, 0.717) is 18.9 Å². The van der Waals surface area contributed by atoms with Crippen LogP contribution in [0.4, 0.5) is 5.69 Å². The zero-order valence-electron chi connectivity index (χ0n) is 15.5. The second kappa shape index (κ2) is 7.56. The van der Waals surface area contributed by atoms with Crippen molar-refractivity contribution >= 4 is 17.5 Å². The highest BCUT2D eigenvalue weighted by molar-refractivity contribution is 6.09. The summed E-state index contributed by atoms with van der Waals surface area (Å²) < 4.78 is 0. The summed E-state index contributed by atoms with van der Waals surface area (Å²) in [6.07, 6.45) is 2.53. The zero-order valence-corrected chi connectivity index (χ0v) is 15.5. The number of rotatable bonds is 4. The molecule has 0 spiro atoms. The van der Waals surface area contributed by atoms with Crippen molar-refractivity contribution < 1.29 is 9.59 Å². The molecule has 3 rings (SSSR count). The summed E-state index contributed by atoms with van der Waals surface area (Å²) in [6.45, 7) is 6.81. The van der Waals surface area contributed by atoms with Gasteiger partial charge in [0.1, 0.15) is 5.92 Å². The first-order chi connectivity index (χ1) is 12.0. The van der Waals surface area contributed by atoms with Crippen LogP contribution in [-0.2, 0) is 9.59 Å². The van der Waals surface area contributed by atoms with Gasteiger partial charge in [0.05, 0.1) is 0 Å². The van der Waals surface area contributed by atoms with Crippen molar-refractivity contribution in [2.24, 2.45) is 5.92 Å². The Morgan fingerprint density at radius 3 is 2.40 bits per heavy atom. The Morgan fingerprint density at radius 2 is 1.80 bits per heavy atom. The van der Waals surface area contributed by atoms with Gasteiger partial charge in [0.15, 0.2) is 0 Å². The zero-order chi connectivity index (χ0) is 18.0. The fourth-order valence-electron chi connectivity index (χ4n) is 3.82. The summed E-state index contributed by atoms with van der Waals surface area (Å²) in [4.78, 5) is 29.2. The number of hydrogen-bond acceptors (Lipinski definition) is 3. The van der Waals surface area contributed by atoms with Gasteiger partial charge in [-0.05, 0) is 56.0 Å². The molecule has 1 N–H and O–H groups in total. The van der Waals surface area contributed by atoms with E-state index in [1.54, 1.807) is 4.90 Å². The lowest BCUT2D eigenvalue weighted by Gasteiger charge is -2.33. The lowest BCUT2D eigenvalue weighted by Crippen LogP contribution is -2.47. The van der Waals surface area contributed by atoms with E-state index in [2.05, 4.69) is 31.3 Å². The normalized spacial score (nSPS) is 21.8. The molecule has 0 saturated carbocycles. The van der Waals surface area contributed by atoms with Gasteiger partial charge in [-0.15, -0.1) is 0 Å². The molecule has 2 saturated heterocycles. The molecule has 2 fully saturated rings. The lowest BCUT2D eigenvalue weighted by atomic mass is 10.0. The summed E-state index contributed by atoms with van der Waals surface area (Å²) in [5.41, 5.74) is 2.16. The molecular weight excluding hydrogens is 314 g/mol. The van der Waals surface area contributed by atoms with Crippen LogP contribution in [0.25, 0.3) is 0 Å². The highest BCUT2D eigenvalue weighted by Crippen LogP contribution is 2.28. The van der Waals surface area contributed by atoms with Crippen molar-refractivity contribution in [1.29, 1.82) is 0 Å². The van der Waals surface area contributed by atoms with E-state index < -0.39 is 5.92 Å². The standard InChI is InChI=1S/C20H29N3O2/c1-14(2)15-4-6-17(7-5-15)23-13-10-18(20(23)25)19(24)22(3)16-8-11-21-12-9-16/h4-7,14,16,18,21H,8-13H2,1-3H3. The minimum atomic E-state index is -0.523. The lowest BCUT2D eigenvalue weighted by molar-refractivity contribution is -0.140. The van der Waals surface area contributed by atoms with Crippen molar-refractivity contribution in [2.75, 3.05) is 31.6 Å². The summed E-state index contributed by atoms with van der Waals surface area (Å²) >= 11 is 0. The van der Waals surface area contributed by atoms with E-state index in [1.165, 1.54) is 5.56 Å². The van der Waals surface area contributed by atoms with Crippen LogP contribution < -0.4 is 10.2 Å². The predicted molar refractivity (Wildman–Crippen MR) is 99.7 cm³/mol. The topological polar surface area (TPSA) is 52.7 Å². The molecule has 2 amide bonds. The van der Waals surface area contributed by atoms with Crippen LogP contribution in [0.15, 0.2) is 24.3 Å². The van der Waals surface area contributed by atoms with Crippen LogP contribution in [0.2, 0.25) is 0 Å². The number of hydrogen-bond donors (Lipinski definition) is 1. The maximum Gasteiger partial charge on any atom is 0.239 e. The first-order valence-electron chi connectivity index (χ1n) is 9.37. The van der Waals surface area contributed by atoms with E-state index in [-0.39, 0.29) is 17.9 Å². The van der Waals surface area contributed by atoms with Crippen molar-refractivity contribution in [3.05, 3.63) is 29.8 Å².